The summed E-state index contributed by atoms with van der Waals surface area (Å²) < 4.78 is 10.2. The van der Waals surface area contributed by atoms with Gasteiger partial charge >= 0.3 is 0 Å². The average molecular weight is 294 g/mol. The number of methoxy groups -OCH3 is 2. The van der Waals surface area contributed by atoms with Crippen LogP contribution in [0.2, 0.25) is 5.02 Å². The van der Waals surface area contributed by atoms with E-state index in [1.54, 1.807) is 20.3 Å². The van der Waals surface area contributed by atoms with Gasteiger partial charge in [0.1, 0.15) is 12.4 Å². The Balaban J connectivity index is 2.07. The van der Waals surface area contributed by atoms with Crippen molar-refractivity contribution in [1.82, 2.24) is 9.97 Å². The molecule has 0 aliphatic heterocycles. The Labute approximate surface area is 122 Å². The second-order valence-corrected chi connectivity index (χ2v) is 4.56. The molecule has 5 nitrogen and oxygen atoms in total. The van der Waals surface area contributed by atoms with Gasteiger partial charge < -0.3 is 14.8 Å². The Morgan fingerprint density at radius 2 is 1.90 bits per heavy atom. The summed E-state index contributed by atoms with van der Waals surface area (Å²) in [6.07, 6.45) is 0. The lowest BCUT2D eigenvalue weighted by atomic mass is 10.2. The predicted octanol–water partition coefficient (Wildman–Crippen LogP) is 2.90. The highest BCUT2D eigenvalue weighted by Gasteiger charge is 2.05. The zero-order chi connectivity index (χ0) is 14.4. The SMILES string of the molecule is COCc1nc(NCc2ccc(Cl)cc2)cc(OC)n1. The lowest BCUT2D eigenvalue weighted by molar-refractivity contribution is 0.177. The third-order valence-electron chi connectivity index (χ3n) is 2.62. The van der Waals surface area contributed by atoms with Crippen molar-refractivity contribution in [2.75, 3.05) is 19.5 Å². The minimum atomic E-state index is 0.340. The topological polar surface area (TPSA) is 56.3 Å². The summed E-state index contributed by atoms with van der Waals surface area (Å²) in [7, 11) is 3.17. The van der Waals surface area contributed by atoms with Crippen molar-refractivity contribution in [2.45, 2.75) is 13.2 Å². The molecule has 1 aromatic carbocycles. The van der Waals surface area contributed by atoms with Crippen molar-refractivity contribution < 1.29 is 9.47 Å². The number of anilines is 1. The Kier molecular flexibility index (Phi) is 5.15. The number of nitrogens with zero attached hydrogens (tertiary/aromatic N) is 2. The molecule has 20 heavy (non-hydrogen) atoms. The molecular formula is C14H16ClN3O2. The molecule has 1 N–H and O–H groups in total. The number of nitrogens with one attached hydrogen (secondary N) is 1. The minimum absolute atomic E-state index is 0.340. The van der Waals surface area contributed by atoms with E-state index in [1.807, 2.05) is 24.3 Å². The third kappa shape index (κ3) is 4.08. The van der Waals surface area contributed by atoms with Gasteiger partial charge in [0, 0.05) is 24.7 Å². The summed E-state index contributed by atoms with van der Waals surface area (Å²) in [5, 5.41) is 3.95. The van der Waals surface area contributed by atoms with E-state index in [0.717, 1.165) is 10.6 Å². The first-order chi connectivity index (χ1) is 9.71. The molecule has 106 valence electrons. The van der Waals surface area contributed by atoms with Crippen molar-refractivity contribution in [1.29, 1.82) is 0 Å². The first kappa shape index (κ1) is 14.6. The van der Waals surface area contributed by atoms with Gasteiger partial charge in [0.2, 0.25) is 5.88 Å². The van der Waals surface area contributed by atoms with Crippen LogP contribution in [0.1, 0.15) is 11.4 Å². The molecule has 0 aliphatic carbocycles. The van der Waals surface area contributed by atoms with Crippen LogP contribution in [0.15, 0.2) is 30.3 Å². The molecular weight excluding hydrogens is 278 g/mol. The second-order valence-electron chi connectivity index (χ2n) is 4.12. The standard InChI is InChI=1S/C14H16ClN3O2/c1-19-9-13-17-12(7-14(18-13)20-2)16-8-10-3-5-11(15)6-4-10/h3-7H,8-9H2,1-2H3,(H,16,17,18). The molecule has 2 aromatic rings. The first-order valence-electron chi connectivity index (χ1n) is 6.10. The highest BCUT2D eigenvalue weighted by Crippen LogP contribution is 2.15. The molecule has 0 spiro atoms. The van der Waals surface area contributed by atoms with Crippen molar-refractivity contribution in [3.63, 3.8) is 0 Å². The van der Waals surface area contributed by atoms with Gasteiger partial charge in [-0.2, -0.15) is 4.98 Å². The lowest BCUT2D eigenvalue weighted by Crippen LogP contribution is -2.06. The van der Waals surface area contributed by atoms with Gasteiger partial charge in [0.25, 0.3) is 0 Å². The Morgan fingerprint density at radius 1 is 1.15 bits per heavy atom. The number of aromatic nitrogens is 2. The van der Waals surface area contributed by atoms with Crippen molar-refractivity contribution in [3.8, 4) is 5.88 Å². The number of benzene rings is 1. The molecule has 0 amide bonds. The van der Waals surface area contributed by atoms with Crippen LogP contribution in [-0.4, -0.2) is 24.2 Å². The smallest absolute Gasteiger partial charge is 0.218 e. The zero-order valence-electron chi connectivity index (χ0n) is 11.4. The predicted molar refractivity (Wildman–Crippen MR) is 78.1 cm³/mol. The van der Waals surface area contributed by atoms with Crippen LogP contribution >= 0.6 is 11.6 Å². The average Bonchev–Trinajstić information content (AvgIpc) is 2.47. The summed E-state index contributed by atoms with van der Waals surface area (Å²) in [5.74, 6) is 1.77. The quantitative estimate of drug-likeness (QED) is 0.887. The molecule has 0 bridgehead atoms. The maximum Gasteiger partial charge on any atom is 0.218 e. The van der Waals surface area contributed by atoms with E-state index < -0.39 is 0 Å². The molecule has 0 aliphatic rings. The molecule has 0 fully saturated rings. The van der Waals surface area contributed by atoms with Crippen LogP contribution in [0.25, 0.3) is 0 Å². The van der Waals surface area contributed by atoms with E-state index >= 15 is 0 Å². The molecule has 0 atom stereocenters. The van der Waals surface area contributed by atoms with Gasteiger partial charge in [-0.05, 0) is 17.7 Å². The van der Waals surface area contributed by atoms with Crippen molar-refractivity contribution >= 4 is 17.4 Å². The van der Waals surface area contributed by atoms with E-state index in [1.165, 1.54) is 0 Å². The van der Waals surface area contributed by atoms with Crippen LogP contribution in [0.4, 0.5) is 5.82 Å². The summed E-state index contributed by atoms with van der Waals surface area (Å²) in [6, 6.07) is 9.38. The van der Waals surface area contributed by atoms with Crippen LogP contribution in [0, 0.1) is 0 Å². The third-order valence-corrected chi connectivity index (χ3v) is 2.87. The summed E-state index contributed by atoms with van der Waals surface area (Å²) in [6.45, 7) is 0.983. The second kappa shape index (κ2) is 7.07. The van der Waals surface area contributed by atoms with Gasteiger partial charge in [-0.3, -0.25) is 0 Å². The molecule has 0 unspecified atom stereocenters. The van der Waals surface area contributed by atoms with Crippen LogP contribution in [-0.2, 0) is 17.9 Å². The number of halogens is 1. The van der Waals surface area contributed by atoms with E-state index in [-0.39, 0.29) is 0 Å². The van der Waals surface area contributed by atoms with Gasteiger partial charge in [0.15, 0.2) is 5.82 Å². The highest BCUT2D eigenvalue weighted by molar-refractivity contribution is 6.30. The van der Waals surface area contributed by atoms with Crippen LogP contribution in [0.5, 0.6) is 5.88 Å². The van der Waals surface area contributed by atoms with Gasteiger partial charge in [-0.15, -0.1) is 0 Å². The number of ether oxygens (including phenoxy) is 2. The van der Waals surface area contributed by atoms with E-state index in [9.17, 15) is 0 Å². The normalized spacial score (nSPS) is 10.3. The first-order valence-corrected chi connectivity index (χ1v) is 6.48. The largest absolute Gasteiger partial charge is 0.481 e. The fourth-order valence-corrected chi connectivity index (χ4v) is 1.78. The molecule has 0 saturated carbocycles. The van der Waals surface area contributed by atoms with Gasteiger partial charge in [-0.1, -0.05) is 23.7 Å². The molecule has 1 aromatic heterocycles. The van der Waals surface area contributed by atoms with Crippen LogP contribution in [0.3, 0.4) is 0 Å². The summed E-state index contributed by atoms with van der Waals surface area (Å²) in [4.78, 5) is 8.54. The van der Waals surface area contributed by atoms with Crippen molar-refractivity contribution in [2.24, 2.45) is 0 Å². The molecule has 0 radical (unpaired) electrons. The number of hydrogen-bond acceptors (Lipinski definition) is 5. The Bertz CT molecular complexity index is 561. The molecule has 1 heterocycles. The molecule has 2 rings (SSSR count). The van der Waals surface area contributed by atoms with Crippen molar-refractivity contribution in [3.05, 3.63) is 46.7 Å². The van der Waals surface area contributed by atoms with Gasteiger partial charge in [-0.25, -0.2) is 4.98 Å². The maximum atomic E-state index is 5.85. The zero-order valence-corrected chi connectivity index (χ0v) is 12.1. The summed E-state index contributed by atoms with van der Waals surface area (Å²) >= 11 is 5.85. The maximum absolute atomic E-state index is 5.85. The number of hydrogen-bond donors (Lipinski definition) is 1. The van der Waals surface area contributed by atoms with E-state index in [4.69, 9.17) is 21.1 Å². The monoisotopic (exact) mass is 293 g/mol. The lowest BCUT2D eigenvalue weighted by Gasteiger charge is -2.09. The molecule has 6 heteroatoms. The summed E-state index contributed by atoms with van der Waals surface area (Å²) in [5.41, 5.74) is 1.11. The minimum Gasteiger partial charge on any atom is -0.481 e. The van der Waals surface area contributed by atoms with E-state index in [2.05, 4.69) is 15.3 Å². The Hall–Kier alpha value is -1.85. The highest BCUT2D eigenvalue weighted by atomic mass is 35.5. The fourth-order valence-electron chi connectivity index (χ4n) is 1.66. The van der Waals surface area contributed by atoms with Gasteiger partial charge in [0.05, 0.1) is 7.11 Å². The Morgan fingerprint density at radius 3 is 2.55 bits per heavy atom. The van der Waals surface area contributed by atoms with Crippen LogP contribution < -0.4 is 10.1 Å². The number of rotatable bonds is 6. The fraction of sp³-hybridized carbons (Fsp3) is 0.286. The molecule has 0 saturated heterocycles. The van der Waals surface area contributed by atoms with E-state index in [0.29, 0.717) is 30.7 Å².